The molecule has 26 heavy (non-hydrogen) atoms. The van der Waals surface area contributed by atoms with Crippen LogP contribution in [0, 0.1) is 11.3 Å². The average molecular weight is 343 g/mol. The fraction of sp³-hybridized carbons (Fsp3) is 0.182. The molecule has 0 unspecified atom stereocenters. The van der Waals surface area contributed by atoms with Crippen molar-refractivity contribution in [2.45, 2.75) is 20.3 Å². The number of nitrogens with two attached hydrogens (primary N) is 1. The Morgan fingerprint density at radius 2 is 1.73 bits per heavy atom. The van der Waals surface area contributed by atoms with E-state index in [9.17, 15) is 5.26 Å². The molecule has 0 bridgehead atoms. The normalized spacial score (nSPS) is 10.3. The van der Waals surface area contributed by atoms with Crippen LogP contribution >= 0.6 is 0 Å². The molecule has 0 aliphatic rings. The van der Waals surface area contributed by atoms with Gasteiger partial charge in [-0.25, -0.2) is 4.98 Å². The number of hydrogen-bond acceptors (Lipinski definition) is 4. The van der Waals surface area contributed by atoms with E-state index in [-0.39, 0.29) is 5.82 Å². The smallest absolute Gasteiger partial charge is 0.142 e. The van der Waals surface area contributed by atoms with E-state index in [4.69, 9.17) is 10.5 Å². The van der Waals surface area contributed by atoms with Gasteiger partial charge in [-0.1, -0.05) is 55.5 Å². The Balaban J connectivity index is 2.38. The molecule has 130 valence electrons. The Hall–Kier alpha value is -3.32. The zero-order valence-corrected chi connectivity index (χ0v) is 15.0. The van der Waals surface area contributed by atoms with Crippen molar-refractivity contribution in [2.75, 3.05) is 12.3 Å². The highest BCUT2D eigenvalue weighted by molar-refractivity contribution is 5.86. The number of anilines is 1. The molecular weight excluding hydrogens is 322 g/mol. The quantitative estimate of drug-likeness (QED) is 0.720. The molecule has 0 spiro atoms. The molecule has 0 radical (unpaired) electrons. The van der Waals surface area contributed by atoms with E-state index >= 15 is 0 Å². The molecule has 4 heteroatoms. The monoisotopic (exact) mass is 343 g/mol. The summed E-state index contributed by atoms with van der Waals surface area (Å²) < 4.78 is 5.81. The van der Waals surface area contributed by atoms with Crippen LogP contribution in [-0.4, -0.2) is 11.6 Å². The standard InChI is InChI=1S/C22H21N3O/c1-3-16-20(17-12-8-9-13-19(17)26-4-2)18(14-23)22(24)25-21(16)15-10-6-5-7-11-15/h5-13H,3-4H2,1-2H3,(H2,24,25). The highest BCUT2D eigenvalue weighted by Gasteiger charge is 2.21. The molecule has 0 saturated heterocycles. The molecule has 2 aromatic carbocycles. The number of hydrogen-bond donors (Lipinski definition) is 1. The highest BCUT2D eigenvalue weighted by atomic mass is 16.5. The first-order chi connectivity index (χ1) is 12.7. The number of ether oxygens (including phenoxy) is 1. The van der Waals surface area contributed by atoms with Crippen LogP contribution in [0.25, 0.3) is 22.4 Å². The maximum absolute atomic E-state index is 9.75. The molecule has 0 aliphatic carbocycles. The van der Waals surface area contributed by atoms with Gasteiger partial charge in [0.25, 0.3) is 0 Å². The number of nitrogen functional groups attached to an aromatic ring is 1. The van der Waals surface area contributed by atoms with E-state index in [1.54, 1.807) is 0 Å². The summed E-state index contributed by atoms with van der Waals surface area (Å²) in [7, 11) is 0. The predicted octanol–water partition coefficient (Wildman–Crippen LogP) is 4.83. The summed E-state index contributed by atoms with van der Waals surface area (Å²) in [5, 5.41) is 9.75. The fourth-order valence-corrected chi connectivity index (χ4v) is 3.19. The topological polar surface area (TPSA) is 71.9 Å². The minimum absolute atomic E-state index is 0.241. The number of rotatable bonds is 5. The summed E-state index contributed by atoms with van der Waals surface area (Å²) in [5.41, 5.74) is 11.0. The van der Waals surface area contributed by atoms with Crippen LogP contribution in [0.5, 0.6) is 5.75 Å². The lowest BCUT2D eigenvalue weighted by Gasteiger charge is -2.19. The van der Waals surface area contributed by atoms with Crippen molar-refractivity contribution in [3.8, 4) is 34.2 Å². The van der Waals surface area contributed by atoms with Gasteiger partial charge in [0.05, 0.1) is 12.3 Å². The summed E-state index contributed by atoms with van der Waals surface area (Å²) in [6, 6.07) is 19.9. The van der Waals surface area contributed by atoms with Crippen LogP contribution < -0.4 is 10.5 Å². The van der Waals surface area contributed by atoms with Crippen LogP contribution in [0.1, 0.15) is 25.0 Å². The highest BCUT2D eigenvalue weighted by Crippen LogP contribution is 2.40. The third kappa shape index (κ3) is 3.12. The van der Waals surface area contributed by atoms with E-state index < -0.39 is 0 Å². The molecule has 0 amide bonds. The largest absolute Gasteiger partial charge is 0.493 e. The Bertz CT molecular complexity index is 959. The van der Waals surface area contributed by atoms with Crippen LogP contribution in [0.4, 0.5) is 5.82 Å². The second-order valence-corrected chi connectivity index (χ2v) is 5.83. The van der Waals surface area contributed by atoms with Gasteiger partial charge in [-0.05, 0) is 25.0 Å². The lowest BCUT2D eigenvalue weighted by atomic mass is 9.90. The molecule has 0 fully saturated rings. The van der Waals surface area contributed by atoms with E-state index in [0.717, 1.165) is 40.1 Å². The van der Waals surface area contributed by atoms with Crippen LogP contribution in [-0.2, 0) is 6.42 Å². The Morgan fingerprint density at radius 3 is 2.38 bits per heavy atom. The second-order valence-electron chi connectivity index (χ2n) is 5.83. The summed E-state index contributed by atoms with van der Waals surface area (Å²) >= 11 is 0. The molecule has 1 aromatic heterocycles. The number of benzene rings is 2. The molecular formula is C22H21N3O. The van der Waals surface area contributed by atoms with Gasteiger partial charge in [-0.2, -0.15) is 5.26 Å². The maximum Gasteiger partial charge on any atom is 0.142 e. The summed E-state index contributed by atoms with van der Waals surface area (Å²) in [5.74, 6) is 0.982. The summed E-state index contributed by atoms with van der Waals surface area (Å²) in [6.07, 6.45) is 0.724. The third-order valence-corrected chi connectivity index (χ3v) is 4.29. The van der Waals surface area contributed by atoms with Gasteiger partial charge in [0, 0.05) is 16.7 Å². The first-order valence-electron chi connectivity index (χ1n) is 8.71. The molecule has 0 atom stereocenters. The number of para-hydroxylation sites is 1. The van der Waals surface area contributed by atoms with Crippen molar-refractivity contribution in [2.24, 2.45) is 0 Å². The minimum Gasteiger partial charge on any atom is -0.493 e. The minimum atomic E-state index is 0.241. The van der Waals surface area contributed by atoms with Gasteiger partial charge in [-0.3, -0.25) is 0 Å². The van der Waals surface area contributed by atoms with E-state index in [2.05, 4.69) is 18.0 Å². The van der Waals surface area contributed by atoms with Crippen LogP contribution in [0.15, 0.2) is 54.6 Å². The number of nitrogens with zero attached hydrogens (tertiary/aromatic N) is 2. The van der Waals surface area contributed by atoms with Crippen LogP contribution in [0.3, 0.4) is 0 Å². The number of aromatic nitrogens is 1. The molecule has 4 nitrogen and oxygen atoms in total. The lowest BCUT2D eigenvalue weighted by Crippen LogP contribution is -2.06. The lowest BCUT2D eigenvalue weighted by molar-refractivity contribution is 0.341. The second kappa shape index (κ2) is 7.71. The van der Waals surface area contributed by atoms with Crippen molar-refractivity contribution < 1.29 is 4.74 Å². The van der Waals surface area contributed by atoms with Gasteiger partial charge < -0.3 is 10.5 Å². The predicted molar refractivity (Wildman–Crippen MR) is 105 cm³/mol. The van der Waals surface area contributed by atoms with Crippen molar-refractivity contribution in [3.05, 3.63) is 65.7 Å². The van der Waals surface area contributed by atoms with Gasteiger partial charge in [-0.15, -0.1) is 0 Å². The van der Waals surface area contributed by atoms with Crippen molar-refractivity contribution in [3.63, 3.8) is 0 Å². The van der Waals surface area contributed by atoms with E-state index in [0.29, 0.717) is 12.2 Å². The summed E-state index contributed by atoms with van der Waals surface area (Å²) in [4.78, 5) is 4.56. The van der Waals surface area contributed by atoms with Crippen LogP contribution in [0.2, 0.25) is 0 Å². The van der Waals surface area contributed by atoms with Gasteiger partial charge in [0.1, 0.15) is 23.2 Å². The van der Waals surface area contributed by atoms with Gasteiger partial charge in [0.2, 0.25) is 0 Å². The van der Waals surface area contributed by atoms with Crippen molar-refractivity contribution in [1.82, 2.24) is 4.98 Å². The zero-order chi connectivity index (χ0) is 18.5. The van der Waals surface area contributed by atoms with E-state index in [1.165, 1.54) is 0 Å². The molecule has 1 heterocycles. The molecule has 3 aromatic rings. The zero-order valence-electron chi connectivity index (χ0n) is 15.0. The average Bonchev–Trinajstić information content (AvgIpc) is 2.68. The fourth-order valence-electron chi connectivity index (χ4n) is 3.19. The number of pyridine rings is 1. The molecule has 0 aliphatic heterocycles. The maximum atomic E-state index is 9.75. The molecule has 2 N–H and O–H groups in total. The van der Waals surface area contributed by atoms with Crippen molar-refractivity contribution >= 4 is 5.82 Å². The Kier molecular flexibility index (Phi) is 5.19. The number of nitriles is 1. The van der Waals surface area contributed by atoms with Gasteiger partial charge >= 0.3 is 0 Å². The first kappa shape index (κ1) is 17.5. The third-order valence-electron chi connectivity index (χ3n) is 4.29. The van der Waals surface area contributed by atoms with E-state index in [1.807, 2.05) is 61.5 Å². The molecule has 0 saturated carbocycles. The SMILES string of the molecule is CCOc1ccccc1-c1c(C#N)c(N)nc(-c2ccccc2)c1CC. The van der Waals surface area contributed by atoms with Gasteiger partial charge in [0.15, 0.2) is 0 Å². The Morgan fingerprint density at radius 1 is 1.04 bits per heavy atom. The Labute approximate surface area is 153 Å². The van der Waals surface area contributed by atoms with Crippen molar-refractivity contribution in [1.29, 1.82) is 5.26 Å². The molecule has 3 rings (SSSR count). The first-order valence-corrected chi connectivity index (χ1v) is 8.71. The summed E-state index contributed by atoms with van der Waals surface area (Å²) in [6.45, 7) is 4.55.